The molecule has 0 amide bonds. The maximum atomic E-state index is 5.01. The summed E-state index contributed by atoms with van der Waals surface area (Å²) in [5.74, 6) is 1.06. The zero-order valence-electron chi connectivity index (χ0n) is 13.8. The highest BCUT2D eigenvalue weighted by atomic mass is 15.2. The van der Waals surface area contributed by atoms with Crippen molar-refractivity contribution < 1.29 is 0 Å². The molecule has 3 heterocycles. The lowest BCUT2D eigenvalue weighted by Crippen LogP contribution is -2.31. The number of nitrogens with one attached hydrogen (secondary N) is 1. The summed E-state index contributed by atoms with van der Waals surface area (Å²) in [4.78, 5) is 7.40. The van der Waals surface area contributed by atoms with Gasteiger partial charge in [0.05, 0.1) is 11.9 Å². The van der Waals surface area contributed by atoms with Crippen LogP contribution in [0.3, 0.4) is 0 Å². The zero-order chi connectivity index (χ0) is 16.6. The molecule has 122 valence electrons. The van der Waals surface area contributed by atoms with Crippen LogP contribution in [0.1, 0.15) is 11.1 Å². The van der Waals surface area contributed by atoms with E-state index in [1.807, 2.05) is 12.4 Å². The van der Waals surface area contributed by atoms with E-state index in [9.17, 15) is 0 Å². The predicted octanol–water partition coefficient (Wildman–Crippen LogP) is 4.19. The first-order valence-electron chi connectivity index (χ1n) is 8.59. The maximum Gasteiger partial charge on any atom is 0.137 e. The van der Waals surface area contributed by atoms with Crippen molar-refractivity contribution in [1.82, 2.24) is 15.2 Å². The lowest BCUT2D eigenvalue weighted by Gasteiger charge is -2.31. The van der Waals surface area contributed by atoms with Crippen LogP contribution in [-0.4, -0.2) is 21.7 Å². The van der Waals surface area contributed by atoms with E-state index in [-0.39, 0.29) is 0 Å². The summed E-state index contributed by atoms with van der Waals surface area (Å²) in [5.41, 5.74) is 4.83. The normalized spacial score (nSPS) is 13.8. The maximum absolute atomic E-state index is 5.01. The summed E-state index contributed by atoms with van der Waals surface area (Å²) in [7, 11) is 0. The topological polar surface area (TPSA) is 44.8 Å². The van der Waals surface area contributed by atoms with Crippen molar-refractivity contribution in [3.05, 3.63) is 78.1 Å². The van der Waals surface area contributed by atoms with Crippen LogP contribution >= 0.6 is 0 Å². The van der Waals surface area contributed by atoms with Crippen molar-refractivity contribution >= 4 is 16.6 Å². The molecular formula is C21H18N4. The molecule has 1 aliphatic rings. The summed E-state index contributed by atoms with van der Waals surface area (Å²) < 4.78 is 0. The lowest BCUT2D eigenvalue weighted by atomic mass is 9.99. The molecule has 0 saturated heterocycles. The van der Waals surface area contributed by atoms with E-state index in [0.29, 0.717) is 0 Å². The van der Waals surface area contributed by atoms with Gasteiger partial charge in [-0.15, -0.1) is 0 Å². The van der Waals surface area contributed by atoms with Crippen LogP contribution in [0, 0.1) is 0 Å². The van der Waals surface area contributed by atoms with E-state index in [1.54, 1.807) is 0 Å². The summed E-state index contributed by atoms with van der Waals surface area (Å²) in [6, 6.07) is 19.3. The van der Waals surface area contributed by atoms with Gasteiger partial charge in [-0.1, -0.05) is 48.5 Å². The standard InChI is InChI=1S/C21H18N4/c1-2-7-17-14-25(10-9-15(17)5-1)21-19-8-4-3-6-16(19)11-20(24-21)18-12-22-23-13-18/h1-8,11-13H,9-10,14H2,(H,22,23). The SMILES string of the molecule is c1ccc2c(c1)CCN(c1nc(-c3cn[nH]c3)cc3ccccc13)C2. The molecule has 0 radical (unpaired) electrons. The van der Waals surface area contributed by atoms with Gasteiger partial charge in [0, 0.05) is 30.2 Å². The molecule has 2 aromatic carbocycles. The minimum atomic E-state index is 0.905. The lowest BCUT2D eigenvalue weighted by molar-refractivity contribution is 0.724. The molecule has 1 N–H and O–H groups in total. The van der Waals surface area contributed by atoms with Gasteiger partial charge in [0.2, 0.25) is 0 Å². The van der Waals surface area contributed by atoms with Crippen molar-refractivity contribution in [1.29, 1.82) is 0 Å². The van der Waals surface area contributed by atoms with E-state index >= 15 is 0 Å². The van der Waals surface area contributed by atoms with Gasteiger partial charge in [-0.25, -0.2) is 4.98 Å². The third kappa shape index (κ3) is 2.47. The molecule has 4 nitrogen and oxygen atoms in total. The number of anilines is 1. The van der Waals surface area contributed by atoms with Crippen LogP contribution in [0.5, 0.6) is 0 Å². The number of aromatic amines is 1. The number of nitrogens with zero attached hydrogens (tertiary/aromatic N) is 3. The first-order valence-corrected chi connectivity index (χ1v) is 8.59. The number of fused-ring (bicyclic) bond motifs is 2. The molecule has 0 aliphatic carbocycles. The molecule has 5 rings (SSSR count). The monoisotopic (exact) mass is 326 g/mol. The molecule has 4 heteroatoms. The van der Waals surface area contributed by atoms with E-state index in [1.165, 1.54) is 21.9 Å². The second-order valence-electron chi connectivity index (χ2n) is 6.48. The van der Waals surface area contributed by atoms with Gasteiger partial charge in [-0.2, -0.15) is 5.10 Å². The van der Waals surface area contributed by atoms with Crippen LogP contribution in [-0.2, 0) is 13.0 Å². The average Bonchev–Trinajstić information content (AvgIpc) is 3.21. The number of rotatable bonds is 2. The van der Waals surface area contributed by atoms with Gasteiger partial charge in [0.1, 0.15) is 5.82 Å². The number of aromatic nitrogens is 3. The zero-order valence-corrected chi connectivity index (χ0v) is 13.8. The molecule has 0 bridgehead atoms. The first kappa shape index (κ1) is 14.2. The van der Waals surface area contributed by atoms with Gasteiger partial charge in [-0.3, -0.25) is 5.10 Å². The van der Waals surface area contributed by atoms with Crippen LogP contribution in [0.25, 0.3) is 22.0 Å². The van der Waals surface area contributed by atoms with Crippen LogP contribution in [0.4, 0.5) is 5.82 Å². The molecule has 0 atom stereocenters. The third-order valence-corrected chi connectivity index (χ3v) is 4.94. The average molecular weight is 326 g/mol. The van der Waals surface area contributed by atoms with Crippen molar-refractivity contribution in [3.8, 4) is 11.3 Å². The van der Waals surface area contributed by atoms with Crippen molar-refractivity contribution in [2.45, 2.75) is 13.0 Å². The Labute approximate surface area is 146 Å². The number of H-pyrrole nitrogens is 1. The Morgan fingerprint density at radius 1 is 0.960 bits per heavy atom. The number of hydrogen-bond acceptors (Lipinski definition) is 3. The second-order valence-corrected chi connectivity index (χ2v) is 6.48. The molecule has 0 saturated carbocycles. The summed E-state index contributed by atoms with van der Waals surface area (Å²) in [6.45, 7) is 1.89. The summed E-state index contributed by atoms with van der Waals surface area (Å²) >= 11 is 0. The number of pyridine rings is 1. The van der Waals surface area contributed by atoms with Crippen molar-refractivity contribution in [2.75, 3.05) is 11.4 Å². The third-order valence-electron chi connectivity index (χ3n) is 4.94. The Balaban J connectivity index is 1.65. The fourth-order valence-electron chi connectivity index (χ4n) is 3.64. The minimum absolute atomic E-state index is 0.905. The fourth-order valence-corrected chi connectivity index (χ4v) is 3.64. The first-order chi connectivity index (χ1) is 12.4. The Hall–Kier alpha value is -3.14. The molecule has 4 aromatic rings. The van der Waals surface area contributed by atoms with Gasteiger partial charge in [0.15, 0.2) is 0 Å². The smallest absolute Gasteiger partial charge is 0.137 e. The van der Waals surface area contributed by atoms with Crippen LogP contribution in [0.15, 0.2) is 67.0 Å². The quantitative estimate of drug-likeness (QED) is 0.601. The van der Waals surface area contributed by atoms with E-state index in [2.05, 4.69) is 69.7 Å². The van der Waals surface area contributed by atoms with Crippen LogP contribution in [0.2, 0.25) is 0 Å². The number of hydrogen-bond donors (Lipinski definition) is 1. The summed E-state index contributed by atoms with van der Waals surface area (Å²) in [6.07, 6.45) is 4.78. The summed E-state index contributed by atoms with van der Waals surface area (Å²) in [5, 5.41) is 9.37. The van der Waals surface area contributed by atoms with Gasteiger partial charge < -0.3 is 4.90 Å². The van der Waals surface area contributed by atoms with Crippen molar-refractivity contribution in [3.63, 3.8) is 0 Å². The van der Waals surface area contributed by atoms with Crippen LogP contribution < -0.4 is 4.90 Å². The second kappa shape index (κ2) is 5.74. The van der Waals surface area contributed by atoms with E-state index in [4.69, 9.17) is 4.98 Å². The molecule has 2 aromatic heterocycles. The molecule has 25 heavy (non-hydrogen) atoms. The molecule has 0 spiro atoms. The van der Waals surface area contributed by atoms with E-state index < -0.39 is 0 Å². The molecule has 1 aliphatic heterocycles. The fraction of sp³-hybridized carbons (Fsp3) is 0.143. The highest BCUT2D eigenvalue weighted by Gasteiger charge is 2.20. The Morgan fingerprint density at radius 3 is 2.68 bits per heavy atom. The van der Waals surface area contributed by atoms with Gasteiger partial charge >= 0.3 is 0 Å². The molecular weight excluding hydrogens is 308 g/mol. The molecule has 0 fully saturated rings. The minimum Gasteiger partial charge on any atom is -0.351 e. The predicted molar refractivity (Wildman–Crippen MR) is 101 cm³/mol. The molecule has 0 unspecified atom stereocenters. The van der Waals surface area contributed by atoms with Gasteiger partial charge in [-0.05, 0) is 29.0 Å². The van der Waals surface area contributed by atoms with E-state index in [0.717, 1.165) is 36.6 Å². The van der Waals surface area contributed by atoms with Crippen molar-refractivity contribution in [2.24, 2.45) is 0 Å². The largest absolute Gasteiger partial charge is 0.351 e. The Bertz CT molecular complexity index is 1040. The Morgan fingerprint density at radius 2 is 1.80 bits per heavy atom. The highest BCUT2D eigenvalue weighted by Crippen LogP contribution is 2.32. The Kier molecular flexibility index (Phi) is 3.27. The highest BCUT2D eigenvalue weighted by molar-refractivity contribution is 5.95. The van der Waals surface area contributed by atoms with Gasteiger partial charge in [0.25, 0.3) is 0 Å². The number of benzene rings is 2.